The minimum absolute atomic E-state index is 0.00753. The number of hydrogen-bond donors (Lipinski definition) is 1. The minimum atomic E-state index is -0.977. The van der Waals surface area contributed by atoms with Crippen LogP contribution in [0.4, 0.5) is 10.2 Å². The molecule has 2 saturated heterocycles. The molecule has 8 heteroatoms. The first-order valence-corrected chi connectivity index (χ1v) is 11.0. The van der Waals surface area contributed by atoms with E-state index in [-0.39, 0.29) is 17.3 Å². The maximum Gasteiger partial charge on any atom is 0.151 e. The Kier molecular flexibility index (Phi) is 4.74. The van der Waals surface area contributed by atoms with Crippen LogP contribution in [0.25, 0.3) is 16.9 Å². The quantitative estimate of drug-likeness (QED) is 0.670. The molecule has 4 atom stereocenters. The number of imidazole rings is 1. The van der Waals surface area contributed by atoms with Gasteiger partial charge in [0.1, 0.15) is 11.9 Å². The van der Waals surface area contributed by atoms with E-state index in [1.54, 1.807) is 18.6 Å². The number of rotatable bonds is 4. The number of phenols is 1. The summed E-state index contributed by atoms with van der Waals surface area (Å²) in [5.74, 6) is 0.746. The third-order valence-electron chi connectivity index (χ3n) is 7.90. The number of halogens is 1. The fourth-order valence-corrected chi connectivity index (χ4v) is 5.47. The van der Waals surface area contributed by atoms with Crippen molar-refractivity contribution in [2.75, 3.05) is 19.0 Å². The molecule has 2 aromatic heterocycles. The van der Waals surface area contributed by atoms with Crippen molar-refractivity contribution in [3.8, 4) is 22.7 Å². The van der Waals surface area contributed by atoms with Gasteiger partial charge in [-0.25, -0.2) is 9.37 Å². The van der Waals surface area contributed by atoms with Crippen molar-refractivity contribution in [3.63, 3.8) is 0 Å². The van der Waals surface area contributed by atoms with Crippen LogP contribution in [-0.4, -0.2) is 67.1 Å². The molecule has 0 spiro atoms. The number of piperidine rings is 1. The zero-order valence-corrected chi connectivity index (χ0v) is 18.9. The first-order chi connectivity index (χ1) is 15.2. The summed E-state index contributed by atoms with van der Waals surface area (Å²) in [6.07, 6.45) is 6.81. The van der Waals surface area contributed by atoms with E-state index in [1.165, 1.54) is 0 Å². The predicted octanol–water partition coefficient (Wildman–Crippen LogP) is 3.82. The molecule has 0 amide bonds. The summed E-state index contributed by atoms with van der Waals surface area (Å²) in [5.41, 5.74) is 1.50. The molecule has 32 heavy (non-hydrogen) atoms. The lowest BCUT2D eigenvalue weighted by Crippen LogP contribution is -2.66. The van der Waals surface area contributed by atoms with Crippen LogP contribution in [0.15, 0.2) is 49.1 Å². The van der Waals surface area contributed by atoms with Crippen molar-refractivity contribution in [2.45, 2.75) is 56.4 Å². The van der Waals surface area contributed by atoms with E-state index in [9.17, 15) is 5.11 Å². The van der Waals surface area contributed by atoms with E-state index in [1.807, 2.05) is 53.9 Å². The number of anilines is 1. The number of phenolic OH excluding ortho intramolecular Hbond substituents is 1. The highest BCUT2D eigenvalue weighted by atomic mass is 19.1. The van der Waals surface area contributed by atoms with Gasteiger partial charge in [0.15, 0.2) is 5.82 Å². The average molecular weight is 437 g/mol. The van der Waals surface area contributed by atoms with Gasteiger partial charge in [-0.3, -0.25) is 4.90 Å². The Hall–Kier alpha value is -3.00. The Morgan fingerprint density at radius 1 is 1.16 bits per heavy atom. The number of aromatic nitrogens is 4. The summed E-state index contributed by atoms with van der Waals surface area (Å²) in [7, 11) is 3.95. The van der Waals surface area contributed by atoms with Gasteiger partial charge >= 0.3 is 0 Å². The standard InChI is InChI=1S/C24H29FN6O/c1-23-9-10-24(2,30(23)4)22(25)19(14-23)29(3)21-8-7-18(27-28-21)17-6-5-16(13-20(17)32)31-12-11-26-15-31/h5-8,11-13,15,19,22,32H,9-10,14H2,1-4H3/t19-,22+,23-,24+/m0/s1. The molecule has 2 fully saturated rings. The third kappa shape index (κ3) is 3.08. The normalized spacial score (nSPS) is 29.9. The molecule has 1 N–H and O–H groups in total. The lowest BCUT2D eigenvalue weighted by molar-refractivity contribution is -0.0359. The molecule has 0 saturated carbocycles. The molecule has 0 radical (unpaired) electrons. The van der Waals surface area contributed by atoms with Crippen LogP contribution in [0.2, 0.25) is 0 Å². The zero-order chi connectivity index (χ0) is 22.7. The van der Waals surface area contributed by atoms with Crippen LogP contribution in [0, 0.1) is 0 Å². The molecule has 3 aromatic rings. The Morgan fingerprint density at radius 2 is 1.97 bits per heavy atom. The molecule has 2 aliphatic rings. The third-order valence-corrected chi connectivity index (χ3v) is 7.90. The Labute approximate surface area is 187 Å². The summed E-state index contributed by atoms with van der Waals surface area (Å²) >= 11 is 0. The van der Waals surface area contributed by atoms with E-state index < -0.39 is 11.7 Å². The number of nitrogens with zero attached hydrogens (tertiary/aromatic N) is 6. The van der Waals surface area contributed by atoms with Gasteiger partial charge in [-0.05, 0) is 64.4 Å². The Morgan fingerprint density at radius 3 is 2.62 bits per heavy atom. The molecular formula is C24H29FN6O. The highest BCUT2D eigenvalue weighted by Crippen LogP contribution is 2.51. The van der Waals surface area contributed by atoms with Crippen molar-refractivity contribution in [1.82, 2.24) is 24.6 Å². The maximum absolute atomic E-state index is 15.7. The molecule has 2 bridgehead atoms. The smallest absolute Gasteiger partial charge is 0.151 e. The van der Waals surface area contributed by atoms with Gasteiger partial charge in [0.05, 0.1) is 29.3 Å². The van der Waals surface area contributed by atoms with E-state index in [0.29, 0.717) is 17.1 Å². The van der Waals surface area contributed by atoms with E-state index in [4.69, 9.17) is 0 Å². The van der Waals surface area contributed by atoms with Crippen molar-refractivity contribution in [3.05, 3.63) is 49.1 Å². The molecule has 1 aromatic carbocycles. The molecule has 5 rings (SSSR count). The summed E-state index contributed by atoms with van der Waals surface area (Å²) in [6, 6.07) is 8.79. The molecule has 7 nitrogen and oxygen atoms in total. The summed E-state index contributed by atoms with van der Waals surface area (Å²) in [5, 5.41) is 19.3. The fraction of sp³-hybridized carbons (Fsp3) is 0.458. The maximum atomic E-state index is 15.7. The van der Waals surface area contributed by atoms with Gasteiger partial charge in [0.2, 0.25) is 0 Å². The Balaban J connectivity index is 1.38. The lowest BCUT2D eigenvalue weighted by atomic mass is 9.80. The number of aromatic hydroxyl groups is 1. The first kappa shape index (κ1) is 20.9. The molecule has 0 aliphatic carbocycles. The monoisotopic (exact) mass is 436 g/mol. The largest absolute Gasteiger partial charge is 0.507 e. The van der Waals surface area contributed by atoms with Crippen LogP contribution < -0.4 is 4.90 Å². The van der Waals surface area contributed by atoms with Crippen LogP contribution in [-0.2, 0) is 0 Å². The van der Waals surface area contributed by atoms with Crippen LogP contribution in [0.1, 0.15) is 33.1 Å². The van der Waals surface area contributed by atoms with Gasteiger partial charge in [-0.2, -0.15) is 0 Å². The highest BCUT2D eigenvalue weighted by molar-refractivity contribution is 5.69. The molecule has 168 valence electrons. The second kappa shape index (κ2) is 7.27. The summed E-state index contributed by atoms with van der Waals surface area (Å²) < 4.78 is 17.5. The highest BCUT2D eigenvalue weighted by Gasteiger charge is 2.60. The fourth-order valence-electron chi connectivity index (χ4n) is 5.47. The molecule has 2 aliphatic heterocycles. The summed E-state index contributed by atoms with van der Waals surface area (Å²) in [4.78, 5) is 8.19. The minimum Gasteiger partial charge on any atom is -0.507 e. The zero-order valence-electron chi connectivity index (χ0n) is 18.9. The van der Waals surface area contributed by atoms with Crippen LogP contribution in [0.5, 0.6) is 5.75 Å². The number of fused-ring (bicyclic) bond motifs is 2. The van der Waals surface area contributed by atoms with Crippen molar-refractivity contribution >= 4 is 5.82 Å². The summed E-state index contributed by atoms with van der Waals surface area (Å²) in [6.45, 7) is 4.27. The second-order valence-electron chi connectivity index (χ2n) is 9.65. The second-order valence-corrected chi connectivity index (χ2v) is 9.65. The average Bonchev–Trinajstić information content (AvgIpc) is 3.39. The van der Waals surface area contributed by atoms with Gasteiger partial charge in [-0.15, -0.1) is 10.2 Å². The van der Waals surface area contributed by atoms with Crippen molar-refractivity contribution < 1.29 is 9.50 Å². The van der Waals surface area contributed by atoms with Crippen molar-refractivity contribution in [1.29, 1.82) is 0 Å². The van der Waals surface area contributed by atoms with Gasteiger partial charge in [0, 0.05) is 36.6 Å². The molecule has 0 unspecified atom stereocenters. The Bertz CT molecular complexity index is 1120. The van der Waals surface area contributed by atoms with Gasteiger partial charge < -0.3 is 14.6 Å². The molecule has 4 heterocycles. The first-order valence-electron chi connectivity index (χ1n) is 11.0. The van der Waals surface area contributed by atoms with Gasteiger partial charge in [0.25, 0.3) is 0 Å². The number of hydrogen-bond acceptors (Lipinski definition) is 6. The van der Waals surface area contributed by atoms with E-state index in [2.05, 4.69) is 34.1 Å². The topological polar surface area (TPSA) is 70.3 Å². The van der Waals surface area contributed by atoms with E-state index >= 15 is 4.39 Å². The number of alkyl halides is 1. The van der Waals surface area contributed by atoms with E-state index in [0.717, 1.165) is 24.9 Å². The lowest BCUT2D eigenvalue weighted by Gasteiger charge is -2.53. The number of benzene rings is 1. The van der Waals surface area contributed by atoms with Crippen molar-refractivity contribution in [2.24, 2.45) is 0 Å². The molecular weight excluding hydrogens is 407 g/mol. The van der Waals surface area contributed by atoms with Crippen LogP contribution in [0.3, 0.4) is 0 Å². The van der Waals surface area contributed by atoms with Gasteiger partial charge in [-0.1, -0.05) is 0 Å². The SMILES string of the molecule is CN(c1ccc(-c2ccc(-n3ccnc3)cc2O)nn1)[C@H]1C[C@]2(C)CC[C@](C)([C@@H]1F)N2C. The van der Waals surface area contributed by atoms with Crippen LogP contribution >= 0.6 is 0 Å². The predicted molar refractivity (Wildman–Crippen MR) is 122 cm³/mol.